The van der Waals surface area contributed by atoms with Gasteiger partial charge in [-0.1, -0.05) is 41.9 Å². The van der Waals surface area contributed by atoms with Crippen LogP contribution >= 0.6 is 11.6 Å². The molecule has 2 rings (SSSR count). The quantitative estimate of drug-likeness (QED) is 0.763. The molecule has 0 aliphatic heterocycles. The lowest BCUT2D eigenvalue weighted by molar-refractivity contribution is 0.0932. The van der Waals surface area contributed by atoms with Crippen LogP contribution in [-0.4, -0.2) is 23.7 Å². The molecule has 0 spiro atoms. The van der Waals surface area contributed by atoms with E-state index in [-0.39, 0.29) is 18.6 Å². The summed E-state index contributed by atoms with van der Waals surface area (Å²) >= 11 is 6.13. The van der Waals surface area contributed by atoms with Crippen LogP contribution in [0, 0.1) is 0 Å². The highest BCUT2D eigenvalue weighted by molar-refractivity contribution is 6.31. The Bertz CT molecular complexity index is 675. The molecule has 5 heteroatoms. The predicted molar refractivity (Wildman–Crippen MR) is 95.5 cm³/mol. The van der Waals surface area contributed by atoms with Crippen molar-refractivity contribution in [2.75, 3.05) is 6.61 Å². The van der Waals surface area contributed by atoms with Gasteiger partial charge in [0.15, 0.2) is 0 Å². The molecule has 24 heavy (non-hydrogen) atoms. The highest BCUT2D eigenvalue weighted by atomic mass is 35.5. The summed E-state index contributed by atoms with van der Waals surface area (Å²) in [7, 11) is 0. The Balaban J connectivity index is 2.04. The normalized spacial score (nSPS) is 11.8. The maximum absolute atomic E-state index is 12.4. The molecule has 0 saturated heterocycles. The summed E-state index contributed by atoms with van der Waals surface area (Å²) < 4.78 is 5.80. The van der Waals surface area contributed by atoms with Crippen LogP contribution in [0.15, 0.2) is 48.5 Å². The highest BCUT2D eigenvalue weighted by Gasteiger charge is 2.14. The van der Waals surface area contributed by atoms with Gasteiger partial charge in [0, 0.05) is 23.2 Å². The van der Waals surface area contributed by atoms with Gasteiger partial charge in [-0.05, 0) is 38.0 Å². The van der Waals surface area contributed by atoms with Gasteiger partial charge in [0.2, 0.25) is 0 Å². The van der Waals surface area contributed by atoms with Crippen LogP contribution in [-0.2, 0) is 6.61 Å². The Kier molecular flexibility index (Phi) is 7.09. The fraction of sp³-hybridized carbons (Fsp3) is 0.316. The molecule has 1 amide bonds. The van der Waals surface area contributed by atoms with Gasteiger partial charge in [-0.2, -0.15) is 0 Å². The molecule has 2 aromatic carbocycles. The van der Waals surface area contributed by atoms with E-state index in [0.717, 1.165) is 12.0 Å². The van der Waals surface area contributed by atoms with E-state index in [2.05, 4.69) is 5.32 Å². The van der Waals surface area contributed by atoms with Gasteiger partial charge in [-0.15, -0.1) is 0 Å². The van der Waals surface area contributed by atoms with Crippen LogP contribution in [0.4, 0.5) is 0 Å². The number of aliphatic hydroxyl groups is 1. The molecule has 0 fully saturated rings. The average Bonchev–Trinajstić information content (AvgIpc) is 2.59. The summed E-state index contributed by atoms with van der Waals surface area (Å²) in [6, 6.07) is 14.6. The summed E-state index contributed by atoms with van der Waals surface area (Å²) in [4.78, 5) is 12.4. The van der Waals surface area contributed by atoms with Crippen LogP contribution in [0.1, 0.15) is 35.7 Å². The van der Waals surface area contributed by atoms with E-state index >= 15 is 0 Å². The molecule has 0 radical (unpaired) electrons. The van der Waals surface area contributed by atoms with E-state index in [9.17, 15) is 4.79 Å². The number of para-hydroxylation sites is 1. The molecular weight excluding hydrogens is 326 g/mol. The van der Waals surface area contributed by atoms with Crippen molar-refractivity contribution >= 4 is 17.5 Å². The Morgan fingerprint density at radius 3 is 2.67 bits per heavy atom. The van der Waals surface area contributed by atoms with Crippen molar-refractivity contribution in [1.82, 2.24) is 5.32 Å². The van der Waals surface area contributed by atoms with E-state index in [4.69, 9.17) is 21.4 Å². The van der Waals surface area contributed by atoms with Crippen LogP contribution in [0.3, 0.4) is 0 Å². The third-order valence-electron chi connectivity index (χ3n) is 3.65. The smallest absolute Gasteiger partial charge is 0.255 e. The minimum atomic E-state index is -0.185. The van der Waals surface area contributed by atoms with Gasteiger partial charge in [0.25, 0.3) is 5.91 Å². The molecule has 0 bridgehead atoms. The summed E-state index contributed by atoms with van der Waals surface area (Å²) in [5, 5.41) is 12.4. The lowest BCUT2D eigenvalue weighted by atomic mass is 10.1. The summed E-state index contributed by atoms with van der Waals surface area (Å²) in [5.41, 5.74) is 1.35. The number of amides is 1. The van der Waals surface area contributed by atoms with Crippen molar-refractivity contribution in [2.45, 2.75) is 32.4 Å². The molecule has 0 aliphatic rings. The number of benzene rings is 2. The Labute approximate surface area is 147 Å². The summed E-state index contributed by atoms with van der Waals surface area (Å²) in [6.07, 6.45) is 1.39. The number of aliphatic hydroxyl groups excluding tert-OH is 1. The molecule has 1 unspecified atom stereocenters. The molecule has 0 saturated carbocycles. The number of ether oxygens (including phenoxy) is 1. The zero-order valence-electron chi connectivity index (χ0n) is 13.7. The van der Waals surface area contributed by atoms with Gasteiger partial charge >= 0.3 is 0 Å². The molecule has 0 heterocycles. The zero-order chi connectivity index (χ0) is 17.4. The van der Waals surface area contributed by atoms with Crippen molar-refractivity contribution in [3.05, 3.63) is 64.7 Å². The molecule has 0 aliphatic carbocycles. The Morgan fingerprint density at radius 2 is 1.92 bits per heavy atom. The Hall–Kier alpha value is -2.04. The van der Waals surface area contributed by atoms with Crippen molar-refractivity contribution in [2.24, 2.45) is 0 Å². The first-order valence-electron chi connectivity index (χ1n) is 7.98. The fourth-order valence-electron chi connectivity index (χ4n) is 2.32. The summed E-state index contributed by atoms with van der Waals surface area (Å²) in [5.74, 6) is 0.333. The Morgan fingerprint density at radius 1 is 1.21 bits per heavy atom. The van der Waals surface area contributed by atoms with Crippen LogP contribution < -0.4 is 10.1 Å². The van der Waals surface area contributed by atoms with Gasteiger partial charge in [0.1, 0.15) is 12.4 Å². The first-order valence-corrected chi connectivity index (χ1v) is 8.36. The topological polar surface area (TPSA) is 58.6 Å². The maximum Gasteiger partial charge on any atom is 0.255 e. The van der Waals surface area contributed by atoms with Crippen LogP contribution in [0.2, 0.25) is 5.02 Å². The molecule has 128 valence electrons. The number of hydrogen-bond donors (Lipinski definition) is 2. The SMILES string of the molecule is CC(CCCO)NC(=O)c1ccccc1OCc1ccccc1Cl. The minimum absolute atomic E-state index is 0.0127. The number of carbonyl (C=O) groups excluding carboxylic acids is 1. The van der Waals surface area contributed by atoms with Gasteiger partial charge < -0.3 is 15.2 Å². The molecule has 2 N–H and O–H groups in total. The average molecular weight is 348 g/mol. The second-order valence-electron chi connectivity index (χ2n) is 5.62. The minimum Gasteiger partial charge on any atom is -0.488 e. The maximum atomic E-state index is 12.4. The third-order valence-corrected chi connectivity index (χ3v) is 4.01. The van der Waals surface area contributed by atoms with E-state index in [1.54, 1.807) is 18.2 Å². The first kappa shape index (κ1) is 18.3. The van der Waals surface area contributed by atoms with Gasteiger partial charge in [-0.3, -0.25) is 4.79 Å². The monoisotopic (exact) mass is 347 g/mol. The van der Waals surface area contributed by atoms with E-state index < -0.39 is 0 Å². The molecule has 0 aromatic heterocycles. The number of carbonyl (C=O) groups is 1. The van der Waals surface area contributed by atoms with Crippen molar-refractivity contribution in [3.8, 4) is 5.75 Å². The standard InChI is InChI=1S/C19H22ClNO3/c1-14(7-6-12-22)21-19(23)16-9-3-5-11-18(16)24-13-15-8-2-4-10-17(15)20/h2-5,8-11,14,22H,6-7,12-13H2,1H3,(H,21,23). The second-order valence-corrected chi connectivity index (χ2v) is 6.02. The molecule has 1 atom stereocenters. The second kappa shape index (κ2) is 9.30. The summed E-state index contributed by atoms with van der Waals surface area (Å²) in [6.45, 7) is 2.34. The highest BCUT2D eigenvalue weighted by Crippen LogP contribution is 2.22. The number of rotatable bonds is 8. The zero-order valence-corrected chi connectivity index (χ0v) is 14.4. The van der Waals surface area contributed by atoms with E-state index in [0.29, 0.717) is 29.4 Å². The van der Waals surface area contributed by atoms with Crippen LogP contribution in [0.25, 0.3) is 0 Å². The largest absolute Gasteiger partial charge is 0.488 e. The predicted octanol–water partition coefficient (Wildman–Crippen LogP) is 3.81. The van der Waals surface area contributed by atoms with E-state index in [1.165, 1.54) is 0 Å². The lowest BCUT2D eigenvalue weighted by Crippen LogP contribution is -2.32. The molecular formula is C19H22ClNO3. The number of halogens is 1. The number of hydrogen-bond acceptors (Lipinski definition) is 3. The molecule has 4 nitrogen and oxygen atoms in total. The lowest BCUT2D eigenvalue weighted by Gasteiger charge is -2.16. The van der Waals surface area contributed by atoms with E-state index in [1.807, 2.05) is 37.3 Å². The van der Waals surface area contributed by atoms with Gasteiger partial charge in [0.05, 0.1) is 5.56 Å². The third kappa shape index (κ3) is 5.25. The first-order chi connectivity index (χ1) is 11.6. The van der Waals surface area contributed by atoms with Gasteiger partial charge in [-0.25, -0.2) is 0 Å². The molecule has 2 aromatic rings. The van der Waals surface area contributed by atoms with Crippen LogP contribution in [0.5, 0.6) is 5.75 Å². The van der Waals surface area contributed by atoms with Crippen molar-refractivity contribution in [3.63, 3.8) is 0 Å². The van der Waals surface area contributed by atoms with Crippen molar-refractivity contribution < 1.29 is 14.6 Å². The fourth-order valence-corrected chi connectivity index (χ4v) is 2.51. The van der Waals surface area contributed by atoms with Crippen molar-refractivity contribution in [1.29, 1.82) is 0 Å². The number of nitrogens with one attached hydrogen (secondary N) is 1.